The first kappa shape index (κ1) is 13.4. The van der Waals surface area contributed by atoms with Gasteiger partial charge in [0, 0.05) is 25.3 Å². The van der Waals surface area contributed by atoms with Gasteiger partial charge in [-0.3, -0.25) is 9.59 Å². The van der Waals surface area contributed by atoms with E-state index in [0.29, 0.717) is 5.41 Å². The summed E-state index contributed by atoms with van der Waals surface area (Å²) in [5, 5.41) is 3.42. The largest absolute Gasteiger partial charge is 0.338 e. The van der Waals surface area contributed by atoms with Crippen LogP contribution in [-0.4, -0.2) is 42.0 Å². The van der Waals surface area contributed by atoms with E-state index in [9.17, 15) is 9.59 Å². The number of pyridine rings is 1. The molecule has 0 unspecified atom stereocenters. The van der Waals surface area contributed by atoms with Crippen molar-refractivity contribution in [3.05, 3.63) is 33.7 Å². The van der Waals surface area contributed by atoms with Crippen molar-refractivity contribution in [3.63, 3.8) is 0 Å². The molecule has 2 fully saturated rings. The standard InChI is InChI=1S/C15H21N3O2/c1-11-2-3-12(13(19)17-11)14(20)18-8-5-15(6-9-18)4-7-16-10-15/h2-3,16H,4-10H2,1H3,(H,17,19). The first-order chi connectivity index (χ1) is 9.60. The lowest BCUT2D eigenvalue weighted by Crippen LogP contribution is -2.45. The normalized spacial score (nSPS) is 21.4. The maximum Gasteiger partial charge on any atom is 0.260 e. The Morgan fingerprint density at radius 2 is 2.00 bits per heavy atom. The molecule has 0 saturated carbocycles. The minimum Gasteiger partial charge on any atom is -0.338 e. The van der Waals surface area contributed by atoms with Crippen molar-refractivity contribution in [3.8, 4) is 0 Å². The second-order valence-corrected chi connectivity index (χ2v) is 6.10. The maximum absolute atomic E-state index is 12.4. The number of amides is 1. The van der Waals surface area contributed by atoms with E-state index in [2.05, 4.69) is 10.3 Å². The van der Waals surface area contributed by atoms with Crippen molar-refractivity contribution in [2.75, 3.05) is 26.2 Å². The van der Waals surface area contributed by atoms with Crippen LogP contribution in [0.15, 0.2) is 16.9 Å². The number of aromatic amines is 1. The van der Waals surface area contributed by atoms with Crippen LogP contribution in [-0.2, 0) is 0 Å². The number of H-pyrrole nitrogens is 1. The fraction of sp³-hybridized carbons (Fsp3) is 0.600. The molecule has 0 aromatic carbocycles. The van der Waals surface area contributed by atoms with Gasteiger partial charge in [0.25, 0.3) is 11.5 Å². The van der Waals surface area contributed by atoms with Gasteiger partial charge in [0.1, 0.15) is 5.56 Å². The maximum atomic E-state index is 12.4. The Labute approximate surface area is 118 Å². The molecule has 2 saturated heterocycles. The molecule has 5 nitrogen and oxygen atoms in total. The second-order valence-electron chi connectivity index (χ2n) is 6.10. The molecule has 1 aromatic rings. The monoisotopic (exact) mass is 275 g/mol. The molecule has 1 spiro atoms. The van der Waals surface area contributed by atoms with Crippen molar-refractivity contribution in [2.45, 2.75) is 26.2 Å². The highest BCUT2D eigenvalue weighted by molar-refractivity contribution is 5.93. The summed E-state index contributed by atoms with van der Waals surface area (Å²) in [5.74, 6) is -0.132. The zero-order chi connectivity index (χ0) is 14.2. The summed E-state index contributed by atoms with van der Waals surface area (Å²) in [6, 6.07) is 3.42. The molecule has 20 heavy (non-hydrogen) atoms. The predicted octanol–water partition coefficient (Wildman–Crippen LogP) is 0.899. The van der Waals surface area contributed by atoms with Gasteiger partial charge < -0.3 is 15.2 Å². The van der Waals surface area contributed by atoms with Crippen LogP contribution in [0.3, 0.4) is 0 Å². The lowest BCUT2D eigenvalue weighted by Gasteiger charge is -2.38. The Morgan fingerprint density at radius 1 is 1.25 bits per heavy atom. The molecular formula is C15H21N3O2. The number of aromatic nitrogens is 1. The van der Waals surface area contributed by atoms with Gasteiger partial charge in [0.15, 0.2) is 0 Å². The minimum atomic E-state index is -0.280. The fourth-order valence-corrected chi connectivity index (χ4v) is 3.32. The van der Waals surface area contributed by atoms with E-state index < -0.39 is 0 Å². The number of carbonyl (C=O) groups excluding carboxylic acids is 1. The molecule has 2 N–H and O–H groups in total. The number of aryl methyl sites for hydroxylation is 1. The Kier molecular flexibility index (Phi) is 3.38. The summed E-state index contributed by atoms with van der Waals surface area (Å²) in [5.41, 5.74) is 1.14. The lowest BCUT2D eigenvalue weighted by atomic mass is 9.78. The van der Waals surface area contributed by atoms with Crippen molar-refractivity contribution in [2.24, 2.45) is 5.41 Å². The van der Waals surface area contributed by atoms with E-state index in [0.717, 1.165) is 44.7 Å². The van der Waals surface area contributed by atoms with Crippen LogP contribution in [0.1, 0.15) is 35.3 Å². The first-order valence-electron chi connectivity index (χ1n) is 7.30. The molecule has 2 aliphatic rings. The summed E-state index contributed by atoms with van der Waals surface area (Å²) in [4.78, 5) is 28.8. The molecule has 0 aliphatic carbocycles. The predicted molar refractivity (Wildman–Crippen MR) is 76.9 cm³/mol. The third-order valence-electron chi connectivity index (χ3n) is 4.73. The summed E-state index contributed by atoms with van der Waals surface area (Å²) in [7, 11) is 0. The van der Waals surface area contributed by atoms with E-state index in [4.69, 9.17) is 0 Å². The average Bonchev–Trinajstić information content (AvgIpc) is 2.87. The highest BCUT2D eigenvalue weighted by Crippen LogP contribution is 2.37. The minimum absolute atomic E-state index is 0.132. The molecular weight excluding hydrogens is 254 g/mol. The van der Waals surface area contributed by atoms with E-state index in [1.807, 2.05) is 11.8 Å². The van der Waals surface area contributed by atoms with E-state index in [1.54, 1.807) is 12.1 Å². The number of hydrogen-bond acceptors (Lipinski definition) is 3. The number of hydrogen-bond donors (Lipinski definition) is 2. The van der Waals surface area contributed by atoms with Gasteiger partial charge in [-0.05, 0) is 50.3 Å². The molecule has 1 aromatic heterocycles. The van der Waals surface area contributed by atoms with Crippen LogP contribution in [0.4, 0.5) is 0 Å². The Hall–Kier alpha value is -1.62. The number of rotatable bonds is 1. The van der Waals surface area contributed by atoms with E-state index in [-0.39, 0.29) is 17.0 Å². The summed E-state index contributed by atoms with van der Waals surface area (Å²) in [6.45, 7) is 5.49. The summed E-state index contributed by atoms with van der Waals surface area (Å²) < 4.78 is 0. The average molecular weight is 275 g/mol. The van der Waals surface area contributed by atoms with Crippen molar-refractivity contribution < 1.29 is 4.79 Å². The highest BCUT2D eigenvalue weighted by Gasteiger charge is 2.38. The molecule has 108 valence electrons. The van der Waals surface area contributed by atoms with Crippen LogP contribution in [0.5, 0.6) is 0 Å². The molecule has 3 rings (SSSR count). The van der Waals surface area contributed by atoms with Gasteiger partial charge in [0.2, 0.25) is 0 Å². The first-order valence-corrected chi connectivity index (χ1v) is 7.30. The number of nitrogens with one attached hydrogen (secondary N) is 2. The van der Waals surface area contributed by atoms with E-state index >= 15 is 0 Å². The fourth-order valence-electron chi connectivity index (χ4n) is 3.32. The van der Waals surface area contributed by atoms with E-state index in [1.165, 1.54) is 6.42 Å². The van der Waals surface area contributed by atoms with Gasteiger partial charge >= 0.3 is 0 Å². The molecule has 2 aliphatic heterocycles. The third kappa shape index (κ3) is 2.38. The van der Waals surface area contributed by atoms with Crippen molar-refractivity contribution in [1.82, 2.24) is 15.2 Å². The van der Waals surface area contributed by atoms with Gasteiger partial charge in [-0.2, -0.15) is 0 Å². The lowest BCUT2D eigenvalue weighted by molar-refractivity contribution is 0.0606. The van der Waals surface area contributed by atoms with Crippen LogP contribution >= 0.6 is 0 Å². The van der Waals surface area contributed by atoms with Gasteiger partial charge in [0.05, 0.1) is 0 Å². The van der Waals surface area contributed by atoms with Gasteiger partial charge in [-0.15, -0.1) is 0 Å². The van der Waals surface area contributed by atoms with Crippen LogP contribution in [0.2, 0.25) is 0 Å². The Bertz CT molecular complexity index is 563. The van der Waals surface area contributed by atoms with Crippen LogP contribution in [0.25, 0.3) is 0 Å². The second kappa shape index (κ2) is 5.05. The SMILES string of the molecule is Cc1ccc(C(=O)N2CCC3(CCNC3)CC2)c(=O)[nH]1. The topological polar surface area (TPSA) is 65.2 Å². The summed E-state index contributed by atoms with van der Waals surface area (Å²) in [6.07, 6.45) is 3.28. The molecule has 0 radical (unpaired) electrons. The van der Waals surface area contributed by atoms with Crippen molar-refractivity contribution in [1.29, 1.82) is 0 Å². The Morgan fingerprint density at radius 3 is 2.60 bits per heavy atom. The molecule has 1 amide bonds. The van der Waals surface area contributed by atoms with Gasteiger partial charge in [-0.1, -0.05) is 0 Å². The van der Waals surface area contributed by atoms with Crippen molar-refractivity contribution >= 4 is 5.91 Å². The zero-order valence-electron chi connectivity index (χ0n) is 11.9. The number of carbonyl (C=O) groups is 1. The molecule has 5 heteroatoms. The quantitative estimate of drug-likeness (QED) is 0.800. The summed E-state index contributed by atoms with van der Waals surface area (Å²) >= 11 is 0. The number of likely N-dealkylation sites (tertiary alicyclic amines) is 1. The number of nitrogens with zero attached hydrogens (tertiary/aromatic N) is 1. The smallest absolute Gasteiger partial charge is 0.260 e. The molecule has 0 atom stereocenters. The zero-order valence-corrected chi connectivity index (χ0v) is 11.9. The Balaban J connectivity index is 1.71. The molecule has 3 heterocycles. The van der Waals surface area contributed by atoms with Crippen LogP contribution < -0.4 is 10.9 Å². The van der Waals surface area contributed by atoms with Crippen LogP contribution in [0, 0.1) is 12.3 Å². The van der Waals surface area contributed by atoms with Gasteiger partial charge in [-0.25, -0.2) is 0 Å². The third-order valence-corrected chi connectivity index (χ3v) is 4.73. The highest BCUT2D eigenvalue weighted by atomic mass is 16.2. The number of piperidine rings is 1. The molecule has 0 bridgehead atoms.